The summed E-state index contributed by atoms with van der Waals surface area (Å²) < 4.78 is 0. The molecule has 0 radical (unpaired) electrons. The summed E-state index contributed by atoms with van der Waals surface area (Å²) in [6.45, 7) is 3.31. The summed E-state index contributed by atoms with van der Waals surface area (Å²) in [5.74, 6) is 2.50. The van der Waals surface area contributed by atoms with Crippen LogP contribution < -0.4 is 5.32 Å². The van der Waals surface area contributed by atoms with Gasteiger partial charge >= 0.3 is 0 Å². The minimum Gasteiger partial charge on any atom is -0.384 e. The zero-order valence-electron chi connectivity index (χ0n) is 8.83. The van der Waals surface area contributed by atoms with Gasteiger partial charge in [-0.05, 0) is 24.3 Å². The second-order valence-electron chi connectivity index (χ2n) is 3.26. The molecule has 0 atom stereocenters. The second-order valence-corrected chi connectivity index (χ2v) is 4.48. The molecular formula is C12H19NS. The van der Waals surface area contributed by atoms with Crippen LogP contribution in [0.25, 0.3) is 0 Å². The fraction of sp³-hybridized carbons (Fsp3) is 0.500. The Balaban J connectivity index is 1.99. The molecule has 0 unspecified atom stereocenters. The van der Waals surface area contributed by atoms with Gasteiger partial charge in [0.05, 0.1) is 0 Å². The quantitative estimate of drug-likeness (QED) is 0.688. The van der Waals surface area contributed by atoms with E-state index in [9.17, 15) is 0 Å². The van der Waals surface area contributed by atoms with Gasteiger partial charge in [0.15, 0.2) is 0 Å². The topological polar surface area (TPSA) is 12.0 Å². The average molecular weight is 209 g/mol. The molecule has 1 nitrogen and oxygen atoms in total. The predicted octanol–water partition coefficient (Wildman–Crippen LogP) is 3.63. The van der Waals surface area contributed by atoms with Crippen molar-refractivity contribution in [3.8, 4) is 0 Å². The molecule has 0 amide bonds. The highest BCUT2D eigenvalue weighted by Crippen LogP contribution is 2.07. The average Bonchev–Trinajstić information content (AvgIpc) is 2.25. The van der Waals surface area contributed by atoms with E-state index in [-0.39, 0.29) is 0 Å². The zero-order valence-corrected chi connectivity index (χ0v) is 9.65. The molecule has 0 fully saturated rings. The molecule has 0 bridgehead atoms. The van der Waals surface area contributed by atoms with Crippen LogP contribution >= 0.6 is 11.8 Å². The van der Waals surface area contributed by atoms with Crippen LogP contribution in [0.1, 0.15) is 19.8 Å². The van der Waals surface area contributed by atoms with Gasteiger partial charge in [-0.2, -0.15) is 11.8 Å². The number of nitrogens with one attached hydrogen (secondary N) is 1. The number of rotatable bonds is 7. The van der Waals surface area contributed by atoms with Crippen LogP contribution in [0.3, 0.4) is 0 Å². The summed E-state index contributed by atoms with van der Waals surface area (Å²) in [6.07, 6.45) is 2.65. The van der Waals surface area contributed by atoms with Gasteiger partial charge in [0.1, 0.15) is 0 Å². The minimum atomic E-state index is 1.07. The number of hydrogen-bond donors (Lipinski definition) is 1. The Bertz CT molecular complexity index is 223. The number of hydrogen-bond acceptors (Lipinski definition) is 2. The molecule has 1 rings (SSSR count). The number of benzene rings is 1. The predicted molar refractivity (Wildman–Crippen MR) is 67.2 cm³/mol. The Labute approximate surface area is 91.3 Å². The van der Waals surface area contributed by atoms with Crippen molar-refractivity contribution in [3.63, 3.8) is 0 Å². The van der Waals surface area contributed by atoms with Crippen molar-refractivity contribution in [2.75, 3.05) is 23.4 Å². The molecule has 2 heteroatoms. The second kappa shape index (κ2) is 7.74. The van der Waals surface area contributed by atoms with Gasteiger partial charge in [-0.15, -0.1) is 0 Å². The molecule has 14 heavy (non-hydrogen) atoms. The summed E-state index contributed by atoms with van der Waals surface area (Å²) in [4.78, 5) is 0. The fourth-order valence-corrected chi connectivity index (χ4v) is 2.12. The lowest BCUT2D eigenvalue weighted by atomic mass is 10.3. The summed E-state index contributed by atoms with van der Waals surface area (Å²) in [7, 11) is 0. The zero-order chi connectivity index (χ0) is 10.1. The Kier molecular flexibility index (Phi) is 6.33. The Morgan fingerprint density at radius 2 is 1.93 bits per heavy atom. The lowest BCUT2D eigenvalue weighted by molar-refractivity contribution is 0.896. The van der Waals surface area contributed by atoms with Gasteiger partial charge in [-0.1, -0.05) is 31.5 Å². The van der Waals surface area contributed by atoms with Crippen LogP contribution in [0.2, 0.25) is 0 Å². The van der Waals surface area contributed by atoms with Crippen molar-refractivity contribution in [2.24, 2.45) is 0 Å². The van der Waals surface area contributed by atoms with Gasteiger partial charge in [0.25, 0.3) is 0 Å². The summed E-state index contributed by atoms with van der Waals surface area (Å²) in [5.41, 5.74) is 1.23. The number of unbranched alkanes of at least 4 members (excludes halogenated alkanes) is 1. The first kappa shape index (κ1) is 11.4. The highest BCUT2D eigenvalue weighted by atomic mass is 32.2. The minimum absolute atomic E-state index is 1.07. The first-order valence-electron chi connectivity index (χ1n) is 5.30. The maximum absolute atomic E-state index is 3.40. The van der Waals surface area contributed by atoms with Crippen LogP contribution in [0.4, 0.5) is 5.69 Å². The molecular weight excluding hydrogens is 190 g/mol. The van der Waals surface area contributed by atoms with E-state index >= 15 is 0 Å². The van der Waals surface area contributed by atoms with E-state index < -0.39 is 0 Å². The van der Waals surface area contributed by atoms with Gasteiger partial charge in [0.2, 0.25) is 0 Å². The summed E-state index contributed by atoms with van der Waals surface area (Å²) in [5, 5.41) is 3.40. The first-order valence-corrected chi connectivity index (χ1v) is 6.45. The van der Waals surface area contributed by atoms with Gasteiger partial charge < -0.3 is 5.32 Å². The van der Waals surface area contributed by atoms with Crippen molar-refractivity contribution in [2.45, 2.75) is 19.8 Å². The molecule has 0 spiro atoms. The first-order chi connectivity index (χ1) is 6.93. The van der Waals surface area contributed by atoms with Gasteiger partial charge in [-0.3, -0.25) is 0 Å². The van der Waals surface area contributed by atoms with Crippen molar-refractivity contribution in [1.82, 2.24) is 0 Å². The smallest absolute Gasteiger partial charge is 0.0340 e. The third-order valence-electron chi connectivity index (χ3n) is 1.99. The molecule has 0 saturated carbocycles. The highest BCUT2D eigenvalue weighted by molar-refractivity contribution is 7.99. The van der Waals surface area contributed by atoms with E-state index in [1.165, 1.54) is 30.0 Å². The molecule has 0 saturated heterocycles. The molecule has 1 aromatic carbocycles. The molecule has 78 valence electrons. The van der Waals surface area contributed by atoms with E-state index in [0.717, 1.165) is 6.54 Å². The lowest BCUT2D eigenvalue weighted by Crippen LogP contribution is -2.03. The van der Waals surface area contributed by atoms with Crippen LogP contribution in [-0.4, -0.2) is 18.1 Å². The van der Waals surface area contributed by atoms with E-state index in [1.807, 2.05) is 17.8 Å². The van der Waals surface area contributed by atoms with Gasteiger partial charge in [0, 0.05) is 18.0 Å². The van der Waals surface area contributed by atoms with Crippen LogP contribution in [0, 0.1) is 0 Å². The van der Waals surface area contributed by atoms with Crippen molar-refractivity contribution >= 4 is 17.4 Å². The summed E-state index contributed by atoms with van der Waals surface area (Å²) >= 11 is 2.03. The molecule has 0 aromatic heterocycles. The molecule has 0 heterocycles. The van der Waals surface area contributed by atoms with E-state index in [4.69, 9.17) is 0 Å². The van der Waals surface area contributed by atoms with E-state index in [0.29, 0.717) is 0 Å². The van der Waals surface area contributed by atoms with Crippen molar-refractivity contribution in [1.29, 1.82) is 0 Å². The largest absolute Gasteiger partial charge is 0.384 e. The molecule has 0 aliphatic heterocycles. The van der Waals surface area contributed by atoms with E-state index in [2.05, 4.69) is 36.5 Å². The highest BCUT2D eigenvalue weighted by Gasteiger charge is 1.90. The maximum atomic E-state index is 3.40. The number of anilines is 1. The van der Waals surface area contributed by atoms with E-state index in [1.54, 1.807) is 0 Å². The van der Waals surface area contributed by atoms with Crippen LogP contribution in [-0.2, 0) is 0 Å². The lowest BCUT2D eigenvalue weighted by Gasteiger charge is -2.05. The Morgan fingerprint density at radius 1 is 1.14 bits per heavy atom. The van der Waals surface area contributed by atoms with Crippen LogP contribution in [0.15, 0.2) is 30.3 Å². The molecule has 1 aromatic rings. The summed E-state index contributed by atoms with van der Waals surface area (Å²) in [6, 6.07) is 10.4. The van der Waals surface area contributed by atoms with Gasteiger partial charge in [-0.25, -0.2) is 0 Å². The molecule has 0 aliphatic rings. The molecule has 0 aliphatic carbocycles. The molecule has 1 N–H and O–H groups in total. The Hall–Kier alpha value is -0.630. The monoisotopic (exact) mass is 209 g/mol. The number of para-hydroxylation sites is 1. The normalized spacial score (nSPS) is 10.1. The third-order valence-corrected chi connectivity index (χ3v) is 3.06. The SMILES string of the molecule is CCCCSCCNc1ccccc1. The Morgan fingerprint density at radius 3 is 2.64 bits per heavy atom. The van der Waals surface area contributed by atoms with Crippen molar-refractivity contribution in [3.05, 3.63) is 30.3 Å². The van der Waals surface area contributed by atoms with Crippen molar-refractivity contribution < 1.29 is 0 Å². The third kappa shape index (κ3) is 5.18. The number of thioether (sulfide) groups is 1. The van der Waals surface area contributed by atoms with Crippen LogP contribution in [0.5, 0.6) is 0 Å². The standard InChI is InChI=1S/C12H19NS/c1-2-3-10-14-11-9-13-12-7-5-4-6-8-12/h4-8,13H,2-3,9-11H2,1H3. The maximum Gasteiger partial charge on any atom is 0.0340 e. The fourth-order valence-electron chi connectivity index (χ4n) is 1.17.